The van der Waals surface area contributed by atoms with Crippen LogP contribution >= 0.6 is 0 Å². The molecule has 0 aliphatic heterocycles. The third-order valence-corrected chi connectivity index (χ3v) is 4.70. The third-order valence-electron chi connectivity index (χ3n) is 2.88. The van der Waals surface area contributed by atoms with Crippen molar-refractivity contribution in [3.8, 4) is 0 Å². The van der Waals surface area contributed by atoms with Crippen LogP contribution in [0.25, 0.3) is 0 Å². The molecule has 1 heterocycles. The van der Waals surface area contributed by atoms with Crippen LogP contribution in [0.15, 0.2) is 17.2 Å². The smallest absolute Gasteiger partial charge is 0.307 e. The zero-order valence-electron chi connectivity index (χ0n) is 12.2. The topological polar surface area (TPSA) is 112 Å². The molecule has 0 fully saturated rings. The van der Waals surface area contributed by atoms with Crippen molar-refractivity contribution in [2.75, 3.05) is 20.2 Å². The van der Waals surface area contributed by atoms with Crippen LogP contribution in [0, 0.1) is 0 Å². The number of aryl methyl sites for hydroxylation is 1. The van der Waals surface area contributed by atoms with Crippen LogP contribution in [0.1, 0.15) is 23.8 Å². The van der Waals surface area contributed by atoms with Gasteiger partial charge < -0.3 is 15.0 Å². The molecule has 0 atom stereocenters. The molecule has 0 aromatic carbocycles. The van der Waals surface area contributed by atoms with Crippen LogP contribution in [0.2, 0.25) is 0 Å². The number of hydrogen-bond donors (Lipinski definition) is 1. The Bertz CT molecular complexity index is 635. The zero-order chi connectivity index (χ0) is 16.2. The van der Waals surface area contributed by atoms with Gasteiger partial charge in [-0.15, -0.1) is 0 Å². The van der Waals surface area contributed by atoms with E-state index in [4.69, 9.17) is 10.5 Å². The second kappa shape index (κ2) is 6.72. The number of nitrogens with zero attached hydrogens (tertiary/aromatic N) is 2. The lowest BCUT2D eigenvalue weighted by Crippen LogP contribution is -2.29. The molecule has 0 unspecified atom stereocenters. The average Bonchev–Trinajstić information content (AvgIpc) is 2.79. The largest absolute Gasteiger partial charge is 0.466 e. The van der Waals surface area contributed by atoms with Crippen LogP contribution in [-0.4, -0.2) is 49.4 Å². The fourth-order valence-electron chi connectivity index (χ4n) is 1.70. The Kier molecular flexibility index (Phi) is 5.50. The van der Waals surface area contributed by atoms with Crippen molar-refractivity contribution >= 4 is 21.9 Å². The van der Waals surface area contributed by atoms with Gasteiger partial charge in [0.05, 0.1) is 13.0 Å². The van der Waals surface area contributed by atoms with Gasteiger partial charge in [-0.05, 0) is 13.0 Å². The van der Waals surface area contributed by atoms with E-state index in [0.29, 0.717) is 0 Å². The first-order chi connectivity index (χ1) is 9.70. The summed E-state index contributed by atoms with van der Waals surface area (Å²) >= 11 is 0. The molecule has 0 spiro atoms. The van der Waals surface area contributed by atoms with E-state index < -0.39 is 21.9 Å². The molecular weight excluding hydrogens is 298 g/mol. The maximum atomic E-state index is 12.3. The number of aromatic nitrogens is 1. The molecule has 9 heteroatoms. The minimum Gasteiger partial charge on any atom is -0.466 e. The predicted molar refractivity (Wildman–Crippen MR) is 75.0 cm³/mol. The van der Waals surface area contributed by atoms with Crippen molar-refractivity contribution in [3.63, 3.8) is 0 Å². The van der Waals surface area contributed by atoms with Gasteiger partial charge in [-0.25, -0.2) is 12.7 Å². The number of esters is 1. The average molecular weight is 317 g/mol. The lowest BCUT2D eigenvalue weighted by atomic mass is 10.4. The molecule has 1 aromatic heterocycles. The second-order valence-corrected chi connectivity index (χ2v) is 6.46. The Morgan fingerprint density at radius 3 is 2.52 bits per heavy atom. The molecule has 0 saturated carbocycles. The molecule has 1 rings (SSSR count). The van der Waals surface area contributed by atoms with Gasteiger partial charge >= 0.3 is 5.97 Å². The number of carbonyl (C=O) groups excluding carboxylic acids is 2. The van der Waals surface area contributed by atoms with Crippen molar-refractivity contribution in [1.82, 2.24) is 8.87 Å². The van der Waals surface area contributed by atoms with Gasteiger partial charge in [0.15, 0.2) is 0 Å². The fourth-order valence-corrected chi connectivity index (χ4v) is 2.95. The lowest BCUT2D eigenvalue weighted by molar-refractivity contribution is -0.143. The van der Waals surface area contributed by atoms with E-state index in [1.807, 2.05) is 0 Å². The van der Waals surface area contributed by atoms with Gasteiger partial charge in [0.25, 0.3) is 5.91 Å². The molecule has 0 aliphatic carbocycles. The van der Waals surface area contributed by atoms with Gasteiger partial charge in [0.2, 0.25) is 10.0 Å². The summed E-state index contributed by atoms with van der Waals surface area (Å²) in [5.41, 5.74) is 5.24. The van der Waals surface area contributed by atoms with Gasteiger partial charge in [-0.2, -0.15) is 0 Å². The Labute approximate surface area is 123 Å². The normalized spacial score (nSPS) is 11.6. The van der Waals surface area contributed by atoms with Crippen LogP contribution in [0.4, 0.5) is 0 Å². The molecule has 1 amide bonds. The molecule has 0 radical (unpaired) electrons. The summed E-state index contributed by atoms with van der Waals surface area (Å²) in [6.45, 7) is 1.91. The Morgan fingerprint density at radius 2 is 2.05 bits per heavy atom. The van der Waals surface area contributed by atoms with Gasteiger partial charge in [0.1, 0.15) is 10.6 Å². The fraction of sp³-hybridized carbons (Fsp3) is 0.500. The highest BCUT2D eigenvalue weighted by atomic mass is 32.2. The van der Waals surface area contributed by atoms with E-state index in [1.165, 1.54) is 30.9 Å². The minimum atomic E-state index is -3.79. The van der Waals surface area contributed by atoms with Crippen molar-refractivity contribution < 1.29 is 22.7 Å². The molecule has 0 bridgehead atoms. The number of ether oxygens (including phenoxy) is 1. The summed E-state index contributed by atoms with van der Waals surface area (Å²) in [6.07, 6.45) is 1.26. The quantitative estimate of drug-likeness (QED) is 0.694. The number of nitrogens with two attached hydrogens (primary N) is 1. The van der Waals surface area contributed by atoms with Crippen LogP contribution in [0.5, 0.6) is 0 Å². The molecule has 0 aliphatic rings. The highest BCUT2D eigenvalue weighted by Gasteiger charge is 2.24. The van der Waals surface area contributed by atoms with Crippen molar-refractivity contribution in [1.29, 1.82) is 0 Å². The van der Waals surface area contributed by atoms with Gasteiger partial charge in [-0.1, -0.05) is 0 Å². The van der Waals surface area contributed by atoms with E-state index in [1.54, 1.807) is 6.92 Å². The molecule has 1 aromatic rings. The van der Waals surface area contributed by atoms with Crippen LogP contribution < -0.4 is 5.73 Å². The number of amides is 1. The van der Waals surface area contributed by atoms with Gasteiger partial charge in [-0.3, -0.25) is 9.59 Å². The summed E-state index contributed by atoms with van der Waals surface area (Å²) in [4.78, 5) is 22.3. The van der Waals surface area contributed by atoms with Crippen molar-refractivity contribution in [2.45, 2.75) is 18.2 Å². The number of carbonyl (C=O) groups is 2. The lowest BCUT2D eigenvalue weighted by Gasteiger charge is -2.15. The number of sulfonamides is 1. The van der Waals surface area contributed by atoms with E-state index in [2.05, 4.69) is 0 Å². The zero-order valence-corrected chi connectivity index (χ0v) is 13.0. The second-order valence-electron chi connectivity index (χ2n) is 4.42. The number of primary amides is 1. The maximum absolute atomic E-state index is 12.3. The van der Waals surface area contributed by atoms with Gasteiger partial charge in [0, 0.05) is 26.8 Å². The van der Waals surface area contributed by atoms with Crippen molar-refractivity contribution in [2.24, 2.45) is 12.8 Å². The van der Waals surface area contributed by atoms with Crippen LogP contribution in [0.3, 0.4) is 0 Å². The Morgan fingerprint density at radius 1 is 1.43 bits per heavy atom. The van der Waals surface area contributed by atoms with Crippen LogP contribution in [-0.2, 0) is 26.6 Å². The molecular formula is C12H19N3O5S. The predicted octanol–water partition coefficient (Wildman–Crippen LogP) is -0.302. The maximum Gasteiger partial charge on any atom is 0.307 e. The Balaban J connectivity index is 2.87. The summed E-state index contributed by atoms with van der Waals surface area (Å²) in [5, 5.41) is 0. The first-order valence-electron chi connectivity index (χ1n) is 6.28. The summed E-state index contributed by atoms with van der Waals surface area (Å²) in [6, 6.07) is 1.21. The summed E-state index contributed by atoms with van der Waals surface area (Å²) in [7, 11) is -0.910. The molecule has 2 N–H and O–H groups in total. The SMILES string of the molecule is CCOC(=O)CCN(C)S(=O)(=O)c1cc(C(N)=O)n(C)c1. The van der Waals surface area contributed by atoms with E-state index >= 15 is 0 Å². The first-order valence-corrected chi connectivity index (χ1v) is 7.72. The van der Waals surface area contributed by atoms with E-state index in [0.717, 1.165) is 4.31 Å². The standard InChI is InChI=1S/C12H19N3O5S/c1-4-20-11(16)5-6-15(3)21(18,19)9-7-10(12(13)17)14(2)8-9/h7-8H,4-6H2,1-3H3,(H2,13,17). The first kappa shape index (κ1) is 17.2. The monoisotopic (exact) mass is 317 g/mol. The molecule has 8 nitrogen and oxygen atoms in total. The summed E-state index contributed by atoms with van der Waals surface area (Å²) < 4.78 is 31.7. The minimum absolute atomic E-state index is 0.0119. The Hall–Kier alpha value is -1.87. The summed E-state index contributed by atoms with van der Waals surface area (Å²) in [5.74, 6) is -1.18. The van der Waals surface area contributed by atoms with Crippen molar-refractivity contribution in [3.05, 3.63) is 18.0 Å². The third kappa shape index (κ3) is 4.05. The highest BCUT2D eigenvalue weighted by Crippen LogP contribution is 2.17. The molecule has 0 saturated heterocycles. The van der Waals surface area contributed by atoms with E-state index in [9.17, 15) is 18.0 Å². The molecule has 118 valence electrons. The number of rotatable bonds is 7. The number of hydrogen-bond acceptors (Lipinski definition) is 5. The molecule has 21 heavy (non-hydrogen) atoms. The van der Waals surface area contributed by atoms with E-state index in [-0.39, 0.29) is 30.2 Å². The highest BCUT2D eigenvalue weighted by molar-refractivity contribution is 7.89.